The lowest BCUT2D eigenvalue weighted by molar-refractivity contribution is -0.140. The first-order chi connectivity index (χ1) is 6.08. The van der Waals surface area contributed by atoms with Crippen LogP contribution in [-0.2, 0) is 4.79 Å². The minimum absolute atomic E-state index is 0.189. The number of nitrogens with zero attached hydrogens (tertiary/aromatic N) is 1. The quantitative estimate of drug-likeness (QED) is 0.598. The maximum atomic E-state index is 11.9. The van der Waals surface area contributed by atoms with Crippen LogP contribution >= 0.6 is 0 Å². The van der Waals surface area contributed by atoms with Crippen molar-refractivity contribution in [2.24, 2.45) is 5.41 Å². The zero-order chi connectivity index (χ0) is 9.90. The Kier molecular flexibility index (Phi) is 3.12. The fourth-order valence-corrected chi connectivity index (χ4v) is 1.40. The average molecular weight is 181 g/mol. The molecule has 0 aromatic rings. The van der Waals surface area contributed by atoms with Crippen molar-refractivity contribution in [2.45, 2.75) is 33.6 Å². The van der Waals surface area contributed by atoms with Gasteiger partial charge in [0.25, 0.3) is 0 Å². The lowest BCUT2D eigenvalue weighted by Gasteiger charge is -2.31. The first-order valence-electron chi connectivity index (χ1n) is 5.02. The summed E-state index contributed by atoms with van der Waals surface area (Å²) in [6.45, 7) is 7.79. The number of amides is 1. The van der Waals surface area contributed by atoms with Gasteiger partial charge in [-0.05, 0) is 12.8 Å². The van der Waals surface area contributed by atoms with E-state index in [0.717, 1.165) is 25.9 Å². The number of rotatable bonds is 2. The van der Waals surface area contributed by atoms with Crippen LogP contribution in [0.2, 0.25) is 0 Å². The van der Waals surface area contributed by atoms with Gasteiger partial charge in [0.1, 0.15) is 0 Å². The highest BCUT2D eigenvalue weighted by molar-refractivity contribution is 5.82. The lowest BCUT2D eigenvalue weighted by Crippen LogP contribution is -2.42. The maximum Gasteiger partial charge on any atom is 0.228 e. The van der Waals surface area contributed by atoms with Gasteiger partial charge in [-0.1, -0.05) is 32.9 Å². The minimum Gasteiger partial charge on any atom is -0.338 e. The van der Waals surface area contributed by atoms with Crippen LogP contribution in [0, 0.1) is 5.41 Å². The number of hydrogen-bond donors (Lipinski definition) is 0. The molecule has 1 heterocycles. The Labute approximate surface area is 80.6 Å². The Bertz CT molecular complexity index is 218. The molecule has 1 rings (SSSR count). The molecule has 0 aromatic heterocycles. The van der Waals surface area contributed by atoms with Gasteiger partial charge in [-0.2, -0.15) is 0 Å². The molecule has 2 heteroatoms. The second-order valence-corrected chi connectivity index (χ2v) is 4.25. The number of hydrogen-bond acceptors (Lipinski definition) is 1. The fourth-order valence-electron chi connectivity index (χ4n) is 1.40. The fraction of sp³-hybridized carbons (Fsp3) is 0.727. The lowest BCUT2D eigenvalue weighted by atomic mass is 9.88. The number of carbonyl (C=O) groups excluding carboxylic acids is 1. The average Bonchev–Trinajstić information content (AvgIpc) is 2.18. The van der Waals surface area contributed by atoms with Crippen LogP contribution in [-0.4, -0.2) is 23.9 Å². The predicted molar refractivity (Wildman–Crippen MR) is 54.4 cm³/mol. The van der Waals surface area contributed by atoms with E-state index in [1.54, 1.807) is 0 Å². The van der Waals surface area contributed by atoms with E-state index in [4.69, 9.17) is 0 Å². The molecular formula is C11H19NO. The molecular weight excluding hydrogens is 162 g/mol. The summed E-state index contributed by atoms with van der Waals surface area (Å²) in [4.78, 5) is 13.9. The molecule has 2 nitrogen and oxygen atoms in total. The van der Waals surface area contributed by atoms with Gasteiger partial charge in [0.15, 0.2) is 0 Å². The number of carbonyl (C=O) groups is 1. The summed E-state index contributed by atoms with van der Waals surface area (Å²) >= 11 is 0. The van der Waals surface area contributed by atoms with E-state index >= 15 is 0 Å². The van der Waals surface area contributed by atoms with Crippen molar-refractivity contribution >= 4 is 5.91 Å². The second kappa shape index (κ2) is 3.95. The Morgan fingerprint density at radius 3 is 2.62 bits per heavy atom. The summed E-state index contributed by atoms with van der Waals surface area (Å²) in [5.74, 6) is 0.291. The predicted octanol–water partition coefficient (Wildman–Crippen LogP) is 2.21. The standard InChI is InChI=1S/C11H19NO/c1-4-11(2,3)10(13)12-8-6-5-7-9-12/h5-6H,4,7-9H2,1-3H3. The zero-order valence-corrected chi connectivity index (χ0v) is 8.84. The Balaban J connectivity index is 2.61. The van der Waals surface area contributed by atoms with Gasteiger partial charge in [-0.25, -0.2) is 0 Å². The molecule has 0 saturated heterocycles. The smallest absolute Gasteiger partial charge is 0.228 e. The molecule has 0 aromatic carbocycles. The highest BCUT2D eigenvalue weighted by Gasteiger charge is 2.29. The molecule has 0 fully saturated rings. The van der Waals surface area contributed by atoms with Gasteiger partial charge >= 0.3 is 0 Å². The SMILES string of the molecule is CCC(C)(C)C(=O)N1CC=CCC1. The highest BCUT2D eigenvalue weighted by atomic mass is 16.2. The molecule has 74 valence electrons. The maximum absolute atomic E-state index is 11.9. The van der Waals surface area contributed by atoms with Gasteiger partial charge in [-0.15, -0.1) is 0 Å². The topological polar surface area (TPSA) is 20.3 Å². The van der Waals surface area contributed by atoms with Crippen molar-refractivity contribution in [1.29, 1.82) is 0 Å². The van der Waals surface area contributed by atoms with Gasteiger partial charge in [0.05, 0.1) is 0 Å². The molecule has 1 aliphatic heterocycles. The molecule has 0 radical (unpaired) electrons. The van der Waals surface area contributed by atoms with Crippen molar-refractivity contribution in [3.63, 3.8) is 0 Å². The minimum atomic E-state index is -0.189. The Morgan fingerprint density at radius 1 is 1.46 bits per heavy atom. The van der Waals surface area contributed by atoms with Gasteiger partial charge in [0.2, 0.25) is 5.91 Å². The van der Waals surface area contributed by atoms with E-state index in [1.807, 2.05) is 18.7 Å². The summed E-state index contributed by atoms with van der Waals surface area (Å²) in [6, 6.07) is 0. The second-order valence-electron chi connectivity index (χ2n) is 4.25. The van der Waals surface area contributed by atoms with Crippen molar-refractivity contribution in [3.8, 4) is 0 Å². The Morgan fingerprint density at radius 2 is 2.15 bits per heavy atom. The zero-order valence-electron chi connectivity index (χ0n) is 8.84. The molecule has 0 unspecified atom stereocenters. The first-order valence-corrected chi connectivity index (χ1v) is 5.02. The summed E-state index contributed by atoms with van der Waals surface area (Å²) in [5, 5.41) is 0. The van der Waals surface area contributed by atoms with E-state index in [1.165, 1.54) is 0 Å². The normalized spacial score (nSPS) is 17.6. The summed E-state index contributed by atoms with van der Waals surface area (Å²) in [5.41, 5.74) is -0.189. The molecule has 0 spiro atoms. The Hall–Kier alpha value is -0.790. The summed E-state index contributed by atoms with van der Waals surface area (Å²) in [7, 11) is 0. The molecule has 13 heavy (non-hydrogen) atoms. The van der Waals surface area contributed by atoms with E-state index in [-0.39, 0.29) is 5.41 Å². The van der Waals surface area contributed by atoms with Crippen molar-refractivity contribution in [3.05, 3.63) is 12.2 Å². The van der Waals surface area contributed by atoms with Crippen LogP contribution in [0.15, 0.2) is 12.2 Å². The summed E-state index contributed by atoms with van der Waals surface area (Å²) in [6.07, 6.45) is 6.13. The van der Waals surface area contributed by atoms with Crippen LogP contribution in [0.1, 0.15) is 33.6 Å². The van der Waals surface area contributed by atoms with E-state index in [9.17, 15) is 4.79 Å². The van der Waals surface area contributed by atoms with Crippen molar-refractivity contribution in [2.75, 3.05) is 13.1 Å². The third-order valence-electron chi connectivity index (χ3n) is 2.81. The third-order valence-corrected chi connectivity index (χ3v) is 2.81. The summed E-state index contributed by atoms with van der Waals surface area (Å²) < 4.78 is 0. The van der Waals surface area contributed by atoms with E-state index in [2.05, 4.69) is 19.1 Å². The van der Waals surface area contributed by atoms with E-state index < -0.39 is 0 Å². The molecule has 0 aliphatic carbocycles. The monoisotopic (exact) mass is 181 g/mol. The third kappa shape index (κ3) is 2.33. The molecule has 0 atom stereocenters. The van der Waals surface area contributed by atoms with Crippen LogP contribution in [0.5, 0.6) is 0 Å². The van der Waals surface area contributed by atoms with Gasteiger partial charge in [0, 0.05) is 18.5 Å². The highest BCUT2D eigenvalue weighted by Crippen LogP contribution is 2.23. The van der Waals surface area contributed by atoms with Crippen LogP contribution in [0.25, 0.3) is 0 Å². The van der Waals surface area contributed by atoms with Crippen LogP contribution in [0.3, 0.4) is 0 Å². The molecule has 0 N–H and O–H groups in total. The van der Waals surface area contributed by atoms with Crippen molar-refractivity contribution < 1.29 is 4.79 Å². The largest absolute Gasteiger partial charge is 0.338 e. The first kappa shape index (κ1) is 10.3. The van der Waals surface area contributed by atoms with Crippen LogP contribution < -0.4 is 0 Å². The molecule has 1 amide bonds. The van der Waals surface area contributed by atoms with Crippen LogP contribution in [0.4, 0.5) is 0 Å². The molecule has 0 saturated carbocycles. The van der Waals surface area contributed by atoms with E-state index in [0.29, 0.717) is 5.91 Å². The molecule has 1 aliphatic rings. The van der Waals surface area contributed by atoms with Gasteiger partial charge < -0.3 is 4.90 Å². The van der Waals surface area contributed by atoms with Gasteiger partial charge in [-0.3, -0.25) is 4.79 Å². The van der Waals surface area contributed by atoms with Crippen molar-refractivity contribution in [1.82, 2.24) is 4.90 Å². The molecule has 0 bridgehead atoms.